The van der Waals surface area contributed by atoms with Gasteiger partial charge < -0.3 is 10.1 Å². The highest BCUT2D eigenvalue weighted by molar-refractivity contribution is 7.89. The number of alkyl halides is 2. The van der Waals surface area contributed by atoms with E-state index in [2.05, 4.69) is 10.1 Å². The van der Waals surface area contributed by atoms with Gasteiger partial charge in [0.15, 0.2) is 0 Å². The van der Waals surface area contributed by atoms with Crippen LogP contribution in [0.1, 0.15) is 28.9 Å². The number of ether oxygens (including phenoxy) is 1. The fourth-order valence-corrected chi connectivity index (χ4v) is 2.61. The number of benzene rings is 2. The average Bonchev–Trinajstić information content (AvgIpc) is 2.54. The Morgan fingerprint density at radius 2 is 1.64 bits per heavy atom. The van der Waals surface area contributed by atoms with Crippen molar-refractivity contribution in [2.24, 2.45) is 5.14 Å². The first-order chi connectivity index (χ1) is 11.7. The Kier molecular flexibility index (Phi) is 5.70. The predicted molar refractivity (Wildman–Crippen MR) is 86.8 cm³/mol. The number of carbonyl (C=O) groups is 1. The van der Waals surface area contributed by atoms with Crippen LogP contribution >= 0.6 is 0 Å². The van der Waals surface area contributed by atoms with Crippen molar-refractivity contribution in [1.82, 2.24) is 5.32 Å². The molecule has 6 nitrogen and oxygen atoms in total. The van der Waals surface area contributed by atoms with Crippen molar-refractivity contribution in [3.05, 3.63) is 59.7 Å². The number of nitrogens with one attached hydrogen (secondary N) is 1. The van der Waals surface area contributed by atoms with Crippen molar-refractivity contribution in [1.29, 1.82) is 0 Å². The number of nitrogens with two attached hydrogens (primary N) is 1. The molecule has 0 bridgehead atoms. The largest absolute Gasteiger partial charge is 0.435 e. The quantitative estimate of drug-likeness (QED) is 0.816. The molecular weight excluding hydrogens is 354 g/mol. The number of primary sulfonamides is 1. The Bertz CT molecular complexity index is 837. The number of hydrogen-bond acceptors (Lipinski definition) is 4. The van der Waals surface area contributed by atoms with Crippen molar-refractivity contribution in [3.63, 3.8) is 0 Å². The molecule has 0 aliphatic rings. The number of amides is 1. The van der Waals surface area contributed by atoms with Crippen LogP contribution in [-0.2, 0) is 10.0 Å². The van der Waals surface area contributed by atoms with Gasteiger partial charge in [0, 0.05) is 5.56 Å². The summed E-state index contributed by atoms with van der Waals surface area (Å²) in [5.41, 5.74) is 0.952. The molecule has 2 rings (SSSR count). The molecule has 134 valence electrons. The first-order valence-electron chi connectivity index (χ1n) is 7.15. The third kappa shape index (κ3) is 5.23. The van der Waals surface area contributed by atoms with E-state index in [1.54, 1.807) is 19.1 Å². The predicted octanol–water partition coefficient (Wildman–Crippen LogP) is 2.43. The number of hydrogen-bond donors (Lipinski definition) is 2. The Morgan fingerprint density at radius 1 is 1.08 bits per heavy atom. The zero-order valence-electron chi connectivity index (χ0n) is 13.1. The van der Waals surface area contributed by atoms with Gasteiger partial charge in [0.05, 0.1) is 10.9 Å². The van der Waals surface area contributed by atoms with E-state index in [1.807, 2.05) is 0 Å². The summed E-state index contributed by atoms with van der Waals surface area (Å²) < 4.78 is 50.8. The molecule has 0 radical (unpaired) electrons. The van der Waals surface area contributed by atoms with Gasteiger partial charge >= 0.3 is 6.61 Å². The fourth-order valence-electron chi connectivity index (χ4n) is 2.10. The molecule has 9 heteroatoms. The summed E-state index contributed by atoms with van der Waals surface area (Å²) in [6.45, 7) is -1.21. The lowest BCUT2D eigenvalue weighted by Gasteiger charge is -2.15. The number of halogens is 2. The summed E-state index contributed by atoms with van der Waals surface area (Å²) in [6.07, 6.45) is 0. The second-order valence-electron chi connectivity index (χ2n) is 5.21. The van der Waals surface area contributed by atoms with Crippen molar-refractivity contribution >= 4 is 15.9 Å². The minimum absolute atomic E-state index is 0.0237. The highest BCUT2D eigenvalue weighted by Gasteiger charge is 2.14. The molecule has 2 aromatic rings. The van der Waals surface area contributed by atoms with E-state index in [4.69, 9.17) is 5.14 Å². The summed E-state index contributed by atoms with van der Waals surface area (Å²) in [4.78, 5) is 12.1. The molecule has 0 fully saturated rings. The van der Waals surface area contributed by atoms with Crippen molar-refractivity contribution in [2.45, 2.75) is 24.5 Å². The molecule has 0 saturated carbocycles. The first-order valence-corrected chi connectivity index (χ1v) is 8.70. The molecule has 2 aromatic carbocycles. The Hall–Kier alpha value is -2.52. The van der Waals surface area contributed by atoms with E-state index >= 15 is 0 Å². The topological polar surface area (TPSA) is 98.5 Å². The van der Waals surface area contributed by atoms with Gasteiger partial charge in [-0.25, -0.2) is 13.6 Å². The molecular formula is C16H16F2N2O4S. The molecule has 0 saturated heterocycles. The smallest absolute Gasteiger partial charge is 0.387 e. The van der Waals surface area contributed by atoms with Gasteiger partial charge in [-0.15, -0.1) is 0 Å². The summed E-state index contributed by atoms with van der Waals surface area (Å²) in [6, 6.07) is 10.7. The van der Waals surface area contributed by atoms with Crippen molar-refractivity contribution in [2.75, 3.05) is 0 Å². The van der Waals surface area contributed by atoms with Gasteiger partial charge in [-0.3, -0.25) is 4.79 Å². The van der Waals surface area contributed by atoms with Crippen LogP contribution in [0.2, 0.25) is 0 Å². The Morgan fingerprint density at radius 3 is 2.12 bits per heavy atom. The molecule has 3 N–H and O–H groups in total. The van der Waals surface area contributed by atoms with Crippen molar-refractivity contribution < 1.29 is 26.7 Å². The van der Waals surface area contributed by atoms with E-state index in [0.29, 0.717) is 5.56 Å². The third-order valence-electron chi connectivity index (χ3n) is 3.40. The van der Waals surface area contributed by atoms with Crippen LogP contribution in [0, 0.1) is 0 Å². The standard InChI is InChI=1S/C16H16F2N2O4S/c1-10(11-4-8-14(9-5-11)25(19,22)23)20-15(21)12-2-6-13(7-3-12)24-16(17)18/h2-10,16H,1H3,(H,20,21)(H2,19,22,23)/t10-/m1/s1. The zero-order valence-corrected chi connectivity index (χ0v) is 14.0. The Labute approximate surface area is 143 Å². The highest BCUT2D eigenvalue weighted by Crippen LogP contribution is 2.18. The minimum Gasteiger partial charge on any atom is -0.435 e. The van der Waals surface area contributed by atoms with Gasteiger partial charge in [0.25, 0.3) is 5.91 Å². The lowest BCUT2D eigenvalue weighted by Crippen LogP contribution is -2.26. The maximum Gasteiger partial charge on any atom is 0.387 e. The number of rotatable bonds is 6. The Balaban J connectivity index is 2.04. The van der Waals surface area contributed by atoms with Crippen LogP contribution in [0.5, 0.6) is 5.75 Å². The molecule has 0 spiro atoms. The molecule has 1 amide bonds. The van der Waals surface area contributed by atoms with Crippen LogP contribution in [0.4, 0.5) is 8.78 Å². The fraction of sp³-hybridized carbons (Fsp3) is 0.188. The van der Waals surface area contributed by atoms with E-state index in [0.717, 1.165) is 0 Å². The lowest BCUT2D eigenvalue weighted by molar-refractivity contribution is -0.0498. The van der Waals surface area contributed by atoms with E-state index in [9.17, 15) is 22.0 Å². The molecule has 0 aliphatic heterocycles. The maximum absolute atomic E-state index is 12.2. The molecule has 25 heavy (non-hydrogen) atoms. The lowest BCUT2D eigenvalue weighted by atomic mass is 10.1. The monoisotopic (exact) mass is 370 g/mol. The molecule has 0 heterocycles. The molecule has 1 atom stereocenters. The van der Waals surface area contributed by atoms with E-state index in [-0.39, 0.29) is 16.2 Å². The van der Waals surface area contributed by atoms with Crippen LogP contribution in [-0.4, -0.2) is 20.9 Å². The maximum atomic E-state index is 12.2. The zero-order chi connectivity index (χ0) is 18.6. The highest BCUT2D eigenvalue weighted by atomic mass is 32.2. The SMILES string of the molecule is C[C@@H](NC(=O)c1ccc(OC(F)F)cc1)c1ccc(S(N)(=O)=O)cc1. The van der Waals surface area contributed by atoms with Crippen molar-refractivity contribution in [3.8, 4) is 5.75 Å². The number of sulfonamides is 1. The molecule has 0 aromatic heterocycles. The van der Waals surface area contributed by atoms with E-state index < -0.39 is 28.6 Å². The second-order valence-corrected chi connectivity index (χ2v) is 6.77. The van der Waals surface area contributed by atoms with Gasteiger partial charge in [-0.2, -0.15) is 8.78 Å². The minimum atomic E-state index is -3.78. The van der Waals surface area contributed by atoms with Gasteiger partial charge in [0.1, 0.15) is 5.75 Å². The van der Waals surface area contributed by atoms with Gasteiger partial charge in [0.2, 0.25) is 10.0 Å². The van der Waals surface area contributed by atoms with Crippen LogP contribution in [0.25, 0.3) is 0 Å². The molecule has 0 unspecified atom stereocenters. The molecule has 0 aliphatic carbocycles. The normalized spacial score (nSPS) is 12.7. The second kappa shape index (κ2) is 7.58. The summed E-state index contributed by atoms with van der Waals surface area (Å²) in [5.74, 6) is -0.454. The number of carbonyl (C=O) groups excluding carboxylic acids is 1. The summed E-state index contributed by atoms with van der Waals surface area (Å²) in [5, 5.41) is 7.75. The van der Waals surface area contributed by atoms with Gasteiger partial charge in [-0.1, -0.05) is 12.1 Å². The average molecular weight is 370 g/mol. The third-order valence-corrected chi connectivity index (χ3v) is 4.33. The van der Waals surface area contributed by atoms with Crippen LogP contribution in [0.15, 0.2) is 53.4 Å². The first kappa shape index (κ1) is 18.8. The van der Waals surface area contributed by atoms with Crippen LogP contribution in [0.3, 0.4) is 0 Å². The summed E-state index contributed by atoms with van der Waals surface area (Å²) >= 11 is 0. The van der Waals surface area contributed by atoms with E-state index in [1.165, 1.54) is 36.4 Å². The summed E-state index contributed by atoms with van der Waals surface area (Å²) in [7, 11) is -3.78. The van der Waals surface area contributed by atoms with Gasteiger partial charge in [-0.05, 0) is 48.9 Å². The van der Waals surface area contributed by atoms with Crippen LogP contribution < -0.4 is 15.2 Å².